The van der Waals surface area contributed by atoms with Crippen LogP contribution < -0.4 is 10.6 Å². The molecule has 1 rings (SSSR count). The van der Waals surface area contributed by atoms with Crippen LogP contribution in [0, 0.1) is 0 Å². The van der Waals surface area contributed by atoms with E-state index in [0.29, 0.717) is 6.54 Å². The first-order valence-corrected chi connectivity index (χ1v) is 4.10. The van der Waals surface area contributed by atoms with Crippen molar-refractivity contribution >= 4 is 17.4 Å². The Labute approximate surface area is 68.6 Å². The van der Waals surface area contributed by atoms with E-state index in [0.717, 1.165) is 5.69 Å². The predicted octanol–water partition coefficient (Wildman–Crippen LogP) is 0.572. The SMILES string of the molecule is CNC(=O)NCc1cscn1. The third kappa shape index (κ3) is 2.55. The lowest BCUT2D eigenvalue weighted by Gasteiger charge is -1.99. The summed E-state index contributed by atoms with van der Waals surface area (Å²) in [6, 6.07) is -0.182. The molecule has 0 saturated heterocycles. The highest BCUT2D eigenvalue weighted by Gasteiger charge is 1.96. The first kappa shape index (κ1) is 8.00. The van der Waals surface area contributed by atoms with Crippen LogP contribution in [0.2, 0.25) is 0 Å². The largest absolute Gasteiger partial charge is 0.341 e. The number of amides is 2. The molecule has 0 bridgehead atoms. The summed E-state index contributed by atoms with van der Waals surface area (Å²) in [7, 11) is 1.58. The Hall–Kier alpha value is -1.10. The fraction of sp³-hybridized carbons (Fsp3) is 0.333. The highest BCUT2D eigenvalue weighted by molar-refractivity contribution is 7.07. The average molecular weight is 171 g/mol. The van der Waals surface area contributed by atoms with Gasteiger partial charge in [0.2, 0.25) is 0 Å². The molecule has 0 aromatic carbocycles. The number of urea groups is 1. The van der Waals surface area contributed by atoms with Gasteiger partial charge in [0.1, 0.15) is 0 Å². The molecule has 1 heterocycles. The lowest BCUT2D eigenvalue weighted by Crippen LogP contribution is -2.32. The number of carbonyl (C=O) groups is 1. The summed E-state index contributed by atoms with van der Waals surface area (Å²) in [5, 5.41) is 6.98. The zero-order valence-corrected chi connectivity index (χ0v) is 6.94. The first-order valence-electron chi connectivity index (χ1n) is 3.15. The van der Waals surface area contributed by atoms with Crippen LogP contribution in [0.3, 0.4) is 0 Å². The van der Waals surface area contributed by atoms with Crippen LogP contribution in [0.5, 0.6) is 0 Å². The molecular weight excluding hydrogens is 162 g/mol. The molecule has 0 spiro atoms. The maximum atomic E-state index is 10.7. The van der Waals surface area contributed by atoms with Gasteiger partial charge < -0.3 is 10.6 Å². The summed E-state index contributed by atoms with van der Waals surface area (Å²) in [5.41, 5.74) is 2.62. The fourth-order valence-corrected chi connectivity index (χ4v) is 1.14. The smallest absolute Gasteiger partial charge is 0.314 e. The van der Waals surface area contributed by atoms with Crippen molar-refractivity contribution in [1.29, 1.82) is 0 Å². The van der Waals surface area contributed by atoms with Crippen molar-refractivity contribution in [3.8, 4) is 0 Å². The second kappa shape index (κ2) is 3.92. The molecule has 0 aliphatic carbocycles. The van der Waals surface area contributed by atoms with E-state index in [1.54, 1.807) is 12.6 Å². The van der Waals surface area contributed by atoms with Gasteiger partial charge in [0.25, 0.3) is 0 Å². The Morgan fingerprint density at radius 1 is 1.82 bits per heavy atom. The molecule has 1 aromatic rings. The molecule has 0 radical (unpaired) electrons. The topological polar surface area (TPSA) is 54.0 Å². The highest BCUT2D eigenvalue weighted by Crippen LogP contribution is 1.99. The monoisotopic (exact) mass is 171 g/mol. The minimum atomic E-state index is -0.182. The van der Waals surface area contributed by atoms with Gasteiger partial charge in [-0.25, -0.2) is 9.78 Å². The second-order valence-corrected chi connectivity index (χ2v) is 2.63. The molecule has 0 unspecified atom stereocenters. The van der Waals surface area contributed by atoms with Crippen LogP contribution in [-0.4, -0.2) is 18.1 Å². The Morgan fingerprint density at radius 3 is 3.18 bits per heavy atom. The maximum Gasteiger partial charge on any atom is 0.314 e. The zero-order chi connectivity index (χ0) is 8.10. The number of aromatic nitrogens is 1. The molecule has 0 aliphatic rings. The summed E-state index contributed by atoms with van der Waals surface area (Å²) >= 11 is 1.52. The van der Waals surface area contributed by atoms with Crippen molar-refractivity contribution in [3.05, 3.63) is 16.6 Å². The predicted molar refractivity (Wildman–Crippen MR) is 43.4 cm³/mol. The third-order valence-corrected chi connectivity index (χ3v) is 1.78. The highest BCUT2D eigenvalue weighted by atomic mass is 32.1. The van der Waals surface area contributed by atoms with Gasteiger partial charge in [0.15, 0.2) is 0 Å². The van der Waals surface area contributed by atoms with Crippen LogP contribution in [-0.2, 0) is 6.54 Å². The molecular formula is C6H9N3OS. The summed E-state index contributed by atoms with van der Waals surface area (Å²) in [6.07, 6.45) is 0. The van der Waals surface area contributed by atoms with E-state index in [9.17, 15) is 4.79 Å². The molecule has 11 heavy (non-hydrogen) atoms. The molecule has 2 amide bonds. The molecule has 60 valence electrons. The maximum absolute atomic E-state index is 10.7. The Kier molecular flexibility index (Phi) is 2.85. The Bertz CT molecular complexity index is 222. The molecule has 4 nitrogen and oxygen atoms in total. The minimum absolute atomic E-state index is 0.182. The molecule has 5 heteroatoms. The van der Waals surface area contributed by atoms with E-state index in [4.69, 9.17) is 0 Å². The Balaban J connectivity index is 2.29. The van der Waals surface area contributed by atoms with Crippen LogP contribution in [0.4, 0.5) is 4.79 Å². The van der Waals surface area contributed by atoms with E-state index in [2.05, 4.69) is 15.6 Å². The van der Waals surface area contributed by atoms with Gasteiger partial charge in [-0.15, -0.1) is 11.3 Å². The van der Waals surface area contributed by atoms with Crippen LogP contribution in [0.15, 0.2) is 10.9 Å². The van der Waals surface area contributed by atoms with E-state index >= 15 is 0 Å². The fourth-order valence-electron chi connectivity index (χ4n) is 0.584. The number of hydrogen-bond donors (Lipinski definition) is 2. The summed E-state index contributed by atoms with van der Waals surface area (Å²) < 4.78 is 0. The molecule has 2 N–H and O–H groups in total. The second-order valence-electron chi connectivity index (χ2n) is 1.91. The number of nitrogens with one attached hydrogen (secondary N) is 2. The van der Waals surface area contributed by atoms with Gasteiger partial charge in [-0.1, -0.05) is 0 Å². The zero-order valence-electron chi connectivity index (χ0n) is 6.13. The average Bonchev–Trinajstić information content (AvgIpc) is 2.52. The van der Waals surface area contributed by atoms with Crippen molar-refractivity contribution in [2.45, 2.75) is 6.54 Å². The van der Waals surface area contributed by atoms with Crippen molar-refractivity contribution < 1.29 is 4.79 Å². The number of thiazole rings is 1. The third-order valence-electron chi connectivity index (χ3n) is 1.14. The van der Waals surface area contributed by atoms with E-state index in [-0.39, 0.29) is 6.03 Å². The molecule has 0 aliphatic heterocycles. The van der Waals surface area contributed by atoms with Crippen molar-refractivity contribution in [3.63, 3.8) is 0 Å². The summed E-state index contributed by atoms with van der Waals surface area (Å²) in [4.78, 5) is 14.7. The first-order chi connectivity index (χ1) is 5.33. The van der Waals surface area contributed by atoms with Crippen molar-refractivity contribution in [2.24, 2.45) is 0 Å². The van der Waals surface area contributed by atoms with Gasteiger partial charge in [-0.2, -0.15) is 0 Å². The molecule has 0 saturated carbocycles. The van der Waals surface area contributed by atoms with E-state index < -0.39 is 0 Å². The van der Waals surface area contributed by atoms with Crippen LogP contribution in [0.25, 0.3) is 0 Å². The van der Waals surface area contributed by atoms with E-state index in [1.165, 1.54) is 11.3 Å². The number of carbonyl (C=O) groups excluding carboxylic acids is 1. The van der Waals surface area contributed by atoms with Crippen molar-refractivity contribution in [1.82, 2.24) is 15.6 Å². The minimum Gasteiger partial charge on any atom is -0.341 e. The number of nitrogens with zero attached hydrogens (tertiary/aromatic N) is 1. The Morgan fingerprint density at radius 2 is 2.64 bits per heavy atom. The van der Waals surface area contributed by atoms with Gasteiger partial charge >= 0.3 is 6.03 Å². The van der Waals surface area contributed by atoms with Crippen LogP contribution >= 0.6 is 11.3 Å². The normalized spacial score (nSPS) is 9.18. The summed E-state index contributed by atoms with van der Waals surface area (Å²) in [5.74, 6) is 0. The summed E-state index contributed by atoms with van der Waals surface area (Å²) in [6.45, 7) is 0.489. The number of hydrogen-bond acceptors (Lipinski definition) is 3. The quantitative estimate of drug-likeness (QED) is 0.683. The molecule has 0 atom stereocenters. The standard InChI is InChI=1S/C6H9N3OS/c1-7-6(10)8-2-5-3-11-4-9-5/h3-4H,2H2,1H3,(H2,7,8,10). The van der Waals surface area contributed by atoms with Crippen molar-refractivity contribution in [2.75, 3.05) is 7.05 Å². The van der Waals surface area contributed by atoms with Gasteiger partial charge in [-0.05, 0) is 0 Å². The molecule has 0 fully saturated rings. The van der Waals surface area contributed by atoms with Crippen LogP contribution in [0.1, 0.15) is 5.69 Å². The lowest BCUT2D eigenvalue weighted by atomic mass is 10.5. The molecule has 1 aromatic heterocycles. The lowest BCUT2D eigenvalue weighted by molar-refractivity contribution is 0.242. The van der Waals surface area contributed by atoms with Gasteiger partial charge in [0.05, 0.1) is 17.7 Å². The number of rotatable bonds is 2. The van der Waals surface area contributed by atoms with Gasteiger partial charge in [0, 0.05) is 12.4 Å². The van der Waals surface area contributed by atoms with Gasteiger partial charge in [-0.3, -0.25) is 0 Å². The van der Waals surface area contributed by atoms with E-state index in [1.807, 2.05) is 5.38 Å².